The molecule has 0 bridgehead atoms. The standard InChI is InChI=1S/C18H22N2O3/c1-4-20(5-2)18(21)11-8-14-7-10-17(23-14)15-12-13(19)6-9-16(15)22-3/h6-12H,4-5,19H2,1-3H3/b11-8+. The molecular formula is C18H22N2O3. The molecule has 2 rings (SSSR count). The summed E-state index contributed by atoms with van der Waals surface area (Å²) in [6.45, 7) is 5.27. The molecule has 0 aliphatic carbocycles. The average Bonchev–Trinajstić information content (AvgIpc) is 3.03. The van der Waals surface area contributed by atoms with Gasteiger partial charge >= 0.3 is 0 Å². The fourth-order valence-electron chi connectivity index (χ4n) is 2.30. The first-order valence-corrected chi connectivity index (χ1v) is 7.59. The highest BCUT2D eigenvalue weighted by molar-refractivity contribution is 5.91. The molecule has 0 saturated heterocycles. The maximum absolute atomic E-state index is 12.0. The Morgan fingerprint density at radius 2 is 2.00 bits per heavy atom. The summed E-state index contributed by atoms with van der Waals surface area (Å²) in [5.41, 5.74) is 7.24. The minimum atomic E-state index is -0.0329. The third-order valence-corrected chi connectivity index (χ3v) is 3.58. The van der Waals surface area contributed by atoms with Crippen LogP contribution < -0.4 is 10.5 Å². The number of methoxy groups -OCH3 is 1. The van der Waals surface area contributed by atoms with Crippen molar-refractivity contribution in [1.29, 1.82) is 0 Å². The Hall–Kier alpha value is -2.69. The van der Waals surface area contributed by atoms with E-state index >= 15 is 0 Å². The zero-order valence-electron chi connectivity index (χ0n) is 13.7. The molecule has 0 fully saturated rings. The number of carbonyl (C=O) groups excluding carboxylic acids is 1. The summed E-state index contributed by atoms with van der Waals surface area (Å²) >= 11 is 0. The van der Waals surface area contributed by atoms with Crippen LogP contribution >= 0.6 is 0 Å². The van der Waals surface area contributed by atoms with Crippen molar-refractivity contribution in [2.45, 2.75) is 13.8 Å². The van der Waals surface area contributed by atoms with Crippen LogP contribution in [0.1, 0.15) is 19.6 Å². The second-order valence-electron chi connectivity index (χ2n) is 5.01. The molecule has 23 heavy (non-hydrogen) atoms. The number of anilines is 1. The molecule has 0 atom stereocenters. The highest BCUT2D eigenvalue weighted by Crippen LogP contribution is 2.33. The van der Waals surface area contributed by atoms with Crippen molar-refractivity contribution < 1.29 is 13.9 Å². The number of ether oxygens (including phenoxy) is 1. The largest absolute Gasteiger partial charge is 0.496 e. The topological polar surface area (TPSA) is 68.7 Å². The summed E-state index contributed by atoms with van der Waals surface area (Å²) in [5.74, 6) is 1.90. The lowest BCUT2D eigenvalue weighted by Gasteiger charge is -2.15. The average molecular weight is 314 g/mol. The number of nitrogens with zero attached hydrogens (tertiary/aromatic N) is 1. The number of rotatable bonds is 6. The number of carbonyl (C=O) groups is 1. The Kier molecular flexibility index (Phi) is 5.46. The summed E-state index contributed by atoms with van der Waals surface area (Å²) in [7, 11) is 1.60. The Morgan fingerprint density at radius 3 is 2.65 bits per heavy atom. The fourth-order valence-corrected chi connectivity index (χ4v) is 2.30. The first-order chi connectivity index (χ1) is 11.1. The van der Waals surface area contributed by atoms with Crippen LogP contribution in [0.3, 0.4) is 0 Å². The van der Waals surface area contributed by atoms with Crippen molar-refractivity contribution in [3.8, 4) is 17.1 Å². The van der Waals surface area contributed by atoms with Gasteiger partial charge in [0.15, 0.2) is 0 Å². The monoisotopic (exact) mass is 314 g/mol. The number of nitrogen functional groups attached to an aromatic ring is 1. The van der Waals surface area contributed by atoms with Gasteiger partial charge in [0, 0.05) is 24.9 Å². The summed E-state index contributed by atoms with van der Waals surface area (Å²) in [6.07, 6.45) is 3.19. The van der Waals surface area contributed by atoms with Crippen LogP contribution in [0.15, 0.2) is 40.8 Å². The van der Waals surface area contributed by atoms with Crippen LogP contribution in [0.2, 0.25) is 0 Å². The van der Waals surface area contributed by atoms with Crippen LogP contribution in [0.5, 0.6) is 5.75 Å². The van der Waals surface area contributed by atoms with Gasteiger partial charge in [0.2, 0.25) is 5.91 Å². The van der Waals surface area contributed by atoms with E-state index in [0.29, 0.717) is 36.0 Å². The summed E-state index contributed by atoms with van der Waals surface area (Å²) < 4.78 is 11.1. The molecule has 1 heterocycles. The Labute approximate surface area is 136 Å². The van der Waals surface area contributed by atoms with Gasteiger partial charge in [-0.05, 0) is 50.3 Å². The van der Waals surface area contributed by atoms with E-state index in [4.69, 9.17) is 14.9 Å². The van der Waals surface area contributed by atoms with E-state index < -0.39 is 0 Å². The molecule has 2 aromatic rings. The van der Waals surface area contributed by atoms with Gasteiger partial charge in [-0.2, -0.15) is 0 Å². The second kappa shape index (κ2) is 7.54. The molecule has 122 valence electrons. The lowest BCUT2D eigenvalue weighted by molar-refractivity contribution is -0.125. The van der Waals surface area contributed by atoms with Crippen molar-refractivity contribution in [2.75, 3.05) is 25.9 Å². The van der Waals surface area contributed by atoms with Crippen LogP contribution in [0, 0.1) is 0 Å². The number of nitrogens with two attached hydrogens (primary N) is 1. The second-order valence-corrected chi connectivity index (χ2v) is 5.01. The highest BCUT2D eigenvalue weighted by Gasteiger charge is 2.11. The molecule has 0 saturated carbocycles. The molecule has 0 radical (unpaired) electrons. The molecule has 1 amide bonds. The summed E-state index contributed by atoms with van der Waals surface area (Å²) in [5, 5.41) is 0. The van der Waals surface area contributed by atoms with Gasteiger partial charge in [-0.15, -0.1) is 0 Å². The van der Waals surface area contributed by atoms with Gasteiger partial charge in [0.25, 0.3) is 0 Å². The van der Waals surface area contributed by atoms with E-state index in [-0.39, 0.29) is 5.91 Å². The van der Waals surface area contributed by atoms with Gasteiger partial charge in [-0.25, -0.2) is 0 Å². The van der Waals surface area contributed by atoms with Crippen molar-refractivity contribution >= 4 is 17.7 Å². The van der Waals surface area contributed by atoms with Gasteiger partial charge < -0.3 is 19.8 Å². The predicted octanol–water partition coefficient (Wildman–Crippen LogP) is 3.42. The van der Waals surface area contributed by atoms with E-state index in [1.807, 2.05) is 26.0 Å². The van der Waals surface area contributed by atoms with E-state index in [2.05, 4.69) is 0 Å². The maximum atomic E-state index is 12.0. The van der Waals surface area contributed by atoms with Crippen LogP contribution in [0.4, 0.5) is 5.69 Å². The third-order valence-electron chi connectivity index (χ3n) is 3.58. The van der Waals surface area contributed by atoms with E-state index in [1.54, 1.807) is 36.3 Å². The van der Waals surface area contributed by atoms with Gasteiger partial charge in [0.05, 0.1) is 12.7 Å². The number of furan rings is 1. The number of hydrogen-bond acceptors (Lipinski definition) is 4. The first kappa shape index (κ1) is 16.7. The van der Waals surface area contributed by atoms with Crippen LogP contribution in [0.25, 0.3) is 17.4 Å². The Bertz CT molecular complexity index is 700. The molecule has 0 aliphatic rings. The summed E-state index contributed by atoms with van der Waals surface area (Å²) in [6, 6.07) is 9.01. The highest BCUT2D eigenvalue weighted by atomic mass is 16.5. The quantitative estimate of drug-likeness (QED) is 0.655. The number of likely N-dealkylation sites (N-methyl/N-ethyl adjacent to an activating group) is 1. The third kappa shape index (κ3) is 3.94. The lowest BCUT2D eigenvalue weighted by atomic mass is 10.1. The number of benzene rings is 1. The van der Waals surface area contributed by atoms with Crippen molar-refractivity contribution in [2.24, 2.45) is 0 Å². The normalized spacial score (nSPS) is 10.9. The molecule has 0 spiro atoms. The molecule has 0 aliphatic heterocycles. The molecule has 1 aromatic carbocycles. The van der Waals surface area contributed by atoms with Crippen molar-refractivity contribution in [1.82, 2.24) is 4.90 Å². The van der Waals surface area contributed by atoms with Gasteiger partial charge in [-0.3, -0.25) is 4.79 Å². The smallest absolute Gasteiger partial charge is 0.246 e. The minimum absolute atomic E-state index is 0.0329. The maximum Gasteiger partial charge on any atom is 0.246 e. The SMILES string of the molecule is CCN(CC)C(=O)/C=C/c1ccc(-c2cc(N)ccc2OC)o1. The zero-order chi connectivity index (χ0) is 16.8. The van der Waals surface area contributed by atoms with E-state index in [9.17, 15) is 4.79 Å². The van der Waals surface area contributed by atoms with E-state index in [0.717, 1.165) is 5.56 Å². The zero-order valence-corrected chi connectivity index (χ0v) is 13.7. The summed E-state index contributed by atoms with van der Waals surface area (Å²) in [4.78, 5) is 13.7. The van der Waals surface area contributed by atoms with Crippen molar-refractivity contribution in [3.05, 3.63) is 42.2 Å². The predicted molar refractivity (Wildman–Crippen MR) is 92.1 cm³/mol. The van der Waals surface area contributed by atoms with Crippen molar-refractivity contribution in [3.63, 3.8) is 0 Å². The molecule has 0 unspecified atom stereocenters. The Balaban J connectivity index is 2.21. The molecule has 1 aromatic heterocycles. The van der Waals surface area contributed by atoms with Crippen LogP contribution in [-0.2, 0) is 4.79 Å². The number of hydrogen-bond donors (Lipinski definition) is 1. The minimum Gasteiger partial charge on any atom is -0.496 e. The molecule has 5 nitrogen and oxygen atoms in total. The van der Waals surface area contributed by atoms with E-state index in [1.165, 1.54) is 6.08 Å². The van der Waals surface area contributed by atoms with Crippen LogP contribution in [-0.4, -0.2) is 31.0 Å². The fraction of sp³-hybridized carbons (Fsp3) is 0.278. The number of amides is 1. The molecule has 2 N–H and O–H groups in total. The lowest BCUT2D eigenvalue weighted by Crippen LogP contribution is -2.28. The van der Waals surface area contributed by atoms with Gasteiger partial charge in [0.1, 0.15) is 17.3 Å². The molecular weight excluding hydrogens is 292 g/mol. The van der Waals surface area contributed by atoms with Gasteiger partial charge in [-0.1, -0.05) is 0 Å². The first-order valence-electron chi connectivity index (χ1n) is 7.59. The Morgan fingerprint density at radius 1 is 1.26 bits per heavy atom. The molecule has 5 heteroatoms.